The van der Waals surface area contributed by atoms with Gasteiger partial charge in [-0.15, -0.1) is 0 Å². The Balaban J connectivity index is 2.08. The van der Waals surface area contributed by atoms with Crippen LogP contribution < -0.4 is 16.0 Å². The van der Waals surface area contributed by atoms with E-state index in [1.165, 1.54) is 0 Å². The van der Waals surface area contributed by atoms with E-state index in [1.54, 1.807) is 6.20 Å². The van der Waals surface area contributed by atoms with Crippen LogP contribution in [0.1, 0.15) is 13.3 Å². The Bertz CT molecular complexity index is 407. The summed E-state index contributed by atoms with van der Waals surface area (Å²) in [6.45, 7) is 4.48. The zero-order chi connectivity index (χ0) is 12.3. The smallest absolute Gasteiger partial charge is 0.222 e. The summed E-state index contributed by atoms with van der Waals surface area (Å²) in [5.41, 5.74) is 7.38. The minimum atomic E-state index is -0.205. The third-order valence-electron chi connectivity index (χ3n) is 3.06. The number of amides is 1. The molecule has 17 heavy (non-hydrogen) atoms. The summed E-state index contributed by atoms with van der Waals surface area (Å²) in [4.78, 5) is 17.5. The lowest BCUT2D eigenvalue weighted by Gasteiger charge is -2.18. The molecule has 1 aromatic heterocycles. The lowest BCUT2D eigenvalue weighted by atomic mass is 10.1. The minimum Gasteiger partial charge on any atom is -0.384 e. The van der Waals surface area contributed by atoms with Gasteiger partial charge in [0.25, 0.3) is 0 Å². The average molecular weight is 234 g/mol. The molecule has 5 nitrogen and oxygen atoms in total. The van der Waals surface area contributed by atoms with Crippen molar-refractivity contribution < 1.29 is 4.79 Å². The Kier molecular flexibility index (Phi) is 3.46. The van der Waals surface area contributed by atoms with Gasteiger partial charge in [0.15, 0.2) is 0 Å². The molecule has 1 saturated heterocycles. The molecule has 3 N–H and O–H groups in total. The molecule has 1 aliphatic rings. The number of hydrogen-bond acceptors (Lipinski definition) is 4. The van der Waals surface area contributed by atoms with Crippen molar-refractivity contribution in [1.82, 2.24) is 4.98 Å². The number of carbonyl (C=O) groups excluding carboxylic acids is 1. The van der Waals surface area contributed by atoms with E-state index in [0.717, 1.165) is 30.9 Å². The quantitative estimate of drug-likeness (QED) is 0.809. The Morgan fingerprint density at radius 3 is 3.12 bits per heavy atom. The van der Waals surface area contributed by atoms with E-state index in [9.17, 15) is 4.79 Å². The van der Waals surface area contributed by atoms with E-state index in [1.807, 2.05) is 13.1 Å². The van der Waals surface area contributed by atoms with Gasteiger partial charge >= 0.3 is 0 Å². The molecular formula is C12H18N4O. The van der Waals surface area contributed by atoms with Gasteiger partial charge in [-0.05, 0) is 19.4 Å². The van der Waals surface area contributed by atoms with Gasteiger partial charge in [-0.3, -0.25) is 9.78 Å². The number of pyridine rings is 1. The summed E-state index contributed by atoms with van der Waals surface area (Å²) in [6.07, 6.45) is 4.46. The number of hydrogen-bond donors (Lipinski definition) is 2. The van der Waals surface area contributed by atoms with Crippen molar-refractivity contribution in [3.8, 4) is 0 Å². The Morgan fingerprint density at radius 1 is 1.65 bits per heavy atom. The maximum absolute atomic E-state index is 11.1. The molecule has 0 saturated carbocycles. The van der Waals surface area contributed by atoms with Crippen LogP contribution in [-0.2, 0) is 4.79 Å². The van der Waals surface area contributed by atoms with Crippen molar-refractivity contribution in [2.45, 2.75) is 13.3 Å². The average Bonchev–Trinajstić information content (AvgIpc) is 2.79. The molecular weight excluding hydrogens is 216 g/mol. The van der Waals surface area contributed by atoms with E-state index in [4.69, 9.17) is 5.73 Å². The maximum Gasteiger partial charge on any atom is 0.222 e. The predicted molar refractivity (Wildman–Crippen MR) is 67.9 cm³/mol. The van der Waals surface area contributed by atoms with Crippen LogP contribution in [0.4, 0.5) is 11.4 Å². The first-order chi connectivity index (χ1) is 8.20. The molecule has 0 spiro atoms. The maximum atomic E-state index is 11.1. The van der Waals surface area contributed by atoms with E-state index in [-0.39, 0.29) is 11.8 Å². The molecule has 5 heteroatoms. The van der Waals surface area contributed by atoms with E-state index < -0.39 is 0 Å². The van der Waals surface area contributed by atoms with Crippen LogP contribution >= 0.6 is 0 Å². The molecule has 1 fully saturated rings. The zero-order valence-corrected chi connectivity index (χ0v) is 10.0. The Hall–Kier alpha value is -1.78. The first-order valence-electron chi connectivity index (χ1n) is 5.94. The molecule has 0 aromatic carbocycles. The van der Waals surface area contributed by atoms with Gasteiger partial charge in [0.2, 0.25) is 5.91 Å². The minimum absolute atomic E-state index is 0.0298. The number of carbonyl (C=O) groups is 1. The van der Waals surface area contributed by atoms with E-state index in [2.05, 4.69) is 21.3 Å². The second-order valence-corrected chi connectivity index (χ2v) is 4.30. The standard InChI is InChI=1S/C12H18N4O/c1-2-15-10-5-11(7-14-6-10)16-4-3-9(8-16)12(13)17/h5-7,9,15H,2-4,8H2,1H3,(H2,13,17). The monoisotopic (exact) mass is 234 g/mol. The SMILES string of the molecule is CCNc1cncc(N2CCC(C(N)=O)C2)c1. The van der Waals surface area contributed by atoms with Crippen LogP contribution in [0.3, 0.4) is 0 Å². The van der Waals surface area contributed by atoms with Crippen LogP contribution in [0.25, 0.3) is 0 Å². The van der Waals surface area contributed by atoms with Crippen LogP contribution in [0.5, 0.6) is 0 Å². The van der Waals surface area contributed by atoms with Crippen LogP contribution in [0.2, 0.25) is 0 Å². The van der Waals surface area contributed by atoms with E-state index in [0.29, 0.717) is 6.54 Å². The van der Waals surface area contributed by atoms with Crippen molar-refractivity contribution in [2.75, 3.05) is 29.9 Å². The molecule has 1 amide bonds. The molecule has 1 unspecified atom stereocenters. The number of aromatic nitrogens is 1. The summed E-state index contributed by atoms with van der Waals surface area (Å²) >= 11 is 0. The van der Waals surface area contributed by atoms with Gasteiger partial charge in [0.05, 0.1) is 29.7 Å². The zero-order valence-electron chi connectivity index (χ0n) is 10.0. The molecule has 0 radical (unpaired) electrons. The molecule has 0 aliphatic carbocycles. The summed E-state index contributed by atoms with van der Waals surface area (Å²) in [5, 5.41) is 3.22. The Labute approximate surface area is 101 Å². The highest BCUT2D eigenvalue weighted by molar-refractivity contribution is 5.78. The van der Waals surface area contributed by atoms with Gasteiger partial charge in [-0.25, -0.2) is 0 Å². The van der Waals surface area contributed by atoms with Crippen molar-refractivity contribution in [3.63, 3.8) is 0 Å². The molecule has 1 atom stereocenters. The third-order valence-corrected chi connectivity index (χ3v) is 3.06. The second-order valence-electron chi connectivity index (χ2n) is 4.30. The fraction of sp³-hybridized carbons (Fsp3) is 0.500. The predicted octanol–water partition coefficient (Wildman–Crippen LogP) is 0.825. The molecule has 2 heterocycles. The van der Waals surface area contributed by atoms with Crippen molar-refractivity contribution in [3.05, 3.63) is 18.5 Å². The first kappa shape index (κ1) is 11.7. The summed E-state index contributed by atoms with van der Waals surface area (Å²) in [5.74, 6) is -0.235. The lowest BCUT2D eigenvalue weighted by Crippen LogP contribution is -2.27. The third kappa shape index (κ3) is 2.67. The van der Waals surface area contributed by atoms with Gasteiger partial charge in [-0.2, -0.15) is 0 Å². The highest BCUT2D eigenvalue weighted by Crippen LogP contribution is 2.24. The summed E-state index contributed by atoms with van der Waals surface area (Å²) in [6, 6.07) is 2.06. The second kappa shape index (κ2) is 5.03. The normalized spacial score (nSPS) is 19.4. The number of nitrogens with two attached hydrogens (primary N) is 1. The summed E-state index contributed by atoms with van der Waals surface area (Å²) < 4.78 is 0. The highest BCUT2D eigenvalue weighted by atomic mass is 16.1. The van der Waals surface area contributed by atoms with Gasteiger partial charge in [-0.1, -0.05) is 0 Å². The Morgan fingerprint density at radius 2 is 2.47 bits per heavy atom. The van der Waals surface area contributed by atoms with Gasteiger partial charge < -0.3 is 16.0 Å². The lowest BCUT2D eigenvalue weighted by molar-refractivity contribution is -0.121. The number of nitrogens with zero attached hydrogens (tertiary/aromatic N) is 2. The number of anilines is 2. The van der Waals surface area contributed by atoms with Crippen molar-refractivity contribution >= 4 is 17.3 Å². The number of primary amides is 1. The largest absolute Gasteiger partial charge is 0.384 e. The first-order valence-corrected chi connectivity index (χ1v) is 5.94. The highest BCUT2D eigenvalue weighted by Gasteiger charge is 2.26. The molecule has 1 aromatic rings. The molecule has 0 bridgehead atoms. The number of nitrogens with one attached hydrogen (secondary N) is 1. The van der Waals surface area contributed by atoms with E-state index >= 15 is 0 Å². The van der Waals surface area contributed by atoms with Crippen LogP contribution in [-0.4, -0.2) is 30.5 Å². The molecule has 92 valence electrons. The number of rotatable bonds is 4. The topological polar surface area (TPSA) is 71.2 Å². The molecule has 1 aliphatic heterocycles. The van der Waals surface area contributed by atoms with Gasteiger partial charge in [0, 0.05) is 19.6 Å². The fourth-order valence-corrected chi connectivity index (χ4v) is 2.13. The molecule has 2 rings (SSSR count). The summed E-state index contributed by atoms with van der Waals surface area (Å²) in [7, 11) is 0. The fourth-order valence-electron chi connectivity index (χ4n) is 2.13. The van der Waals surface area contributed by atoms with Crippen LogP contribution in [0, 0.1) is 5.92 Å². The van der Waals surface area contributed by atoms with Gasteiger partial charge in [0.1, 0.15) is 0 Å². The van der Waals surface area contributed by atoms with Crippen LogP contribution in [0.15, 0.2) is 18.5 Å². The van der Waals surface area contributed by atoms with Crippen molar-refractivity contribution in [1.29, 1.82) is 0 Å². The van der Waals surface area contributed by atoms with Crippen molar-refractivity contribution in [2.24, 2.45) is 11.7 Å².